The van der Waals surface area contributed by atoms with Crippen LogP contribution < -0.4 is 20.7 Å². The number of halogens is 1. The van der Waals surface area contributed by atoms with E-state index in [9.17, 15) is 18.0 Å². The highest BCUT2D eigenvalue weighted by Crippen LogP contribution is 2.45. The molecule has 1 aliphatic rings. The van der Waals surface area contributed by atoms with Gasteiger partial charge in [-0.25, -0.2) is 22.3 Å². The summed E-state index contributed by atoms with van der Waals surface area (Å²) in [5.74, 6) is 0.631. The number of hydrogen-bond donors (Lipinski definition) is 2. The Morgan fingerprint density at radius 1 is 1.17 bits per heavy atom. The van der Waals surface area contributed by atoms with Gasteiger partial charge in [0.25, 0.3) is 5.56 Å². The maximum absolute atomic E-state index is 15.7. The topological polar surface area (TPSA) is 110 Å². The largest absolute Gasteiger partial charge is 0.496 e. The molecule has 2 N–H and O–H groups in total. The van der Waals surface area contributed by atoms with Crippen molar-refractivity contribution in [1.82, 2.24) is 14.3 Å². The molecule has 3 aromatic rings. The second-order valence-corrected chi connectivity index (χ2v) is 12.1. The molecule has 0 spiro atoms. The van der Waals surface area contributed by atoms with Crippen molar-refractivity contribution in [3.05, 3.63) is 80.1 Å². The molecule has 0 saturated carbocycles. The molecule has 1 atom stereocenters. The smallest absolute Gasteiger partial charge is 0.332 e. The molecule has 0 bridgehead atoms. The fraction of sp³-hybridized carbons (Fsp3) is 0.385. The number of nitrogens with zero attached hydrogens (tertiary/aromatic N) is 1. The van der Waals surface area contributed by atoms with Gasteiger partial charge in [-0.2, -0.15) is 0 Å². The lowest BCUT2D eigenvalue weighted by atomic mass is 9.83. The van der Waals surface area contributed by atoms with Gasteiger partial charge in [0.05, 0.1) is 19.1 Å². The van der Waals surface area contributed by atoms with Crippen LogP contribution in [-0.4, -0.2) is 37.9 Å². The Hall–Kier alpha value is -3.24. The third-order valence-corrected chi connectivity index (χ3v) is 7.16. The first-order valence-electron chi connectivity index (χ1n) is 11.5. The normalized spacial score (nSPS) is 17.7. The predicted octanol–water partition coefficient (Wildman–Crippen LogP) is 3.16. The molecule has 0 fully saturated rings. The molecule has 0 amide bonds. The van der Waals surface area contributed by atoms with Crippen LogP contribution in [0, 0.1) is 0 Å². The standard InChI is InChI=1S/C26H30FN3O5S/c1-25(2,3)21-14-18(30-11-9-22(31)29-24(30)32)13-19(23(21)35-4)16-6-7-20-17(12-16)8-10-26(20,27)15-28-36(5,33)34/h6-7,9,11-14,28H,8,10,15H2,1-5H3,(H,29,31,32)/t26-/m0/s1. The molecule has 0 aliphatic heterocycles. The monoisotopic (exact) mass is 515 g/mol. The van der Waals surface area contributed by atoms with Crippen LogP contribution in [0.4, 0.5) is 4.39 Å². The minimum absolute atomic E-state index is 0.172. The number of benzene rings is 2. The highest BCUT2D eigenvalue weighted by molar-refractivity contribution is 7.88. The Balaban J connectivity index is 1.88. The van der Waals surface area contributed by atoms with Crippen molar-refractivity contribution in [2.75, 3.05) is 19.9 Å². The first kappa shape index (κ1) is 25.8. The third-order valence-electron chi connectivity index (χ3n) is 6.49. The molecule has 0 radical (unpaired) electrons. The van der Waals surface area contributed by atoms with E-state index in [1.54, 1.807) is 25.3 Å². The lowest BCUT2D eigenvalue weighted by Crippen LogP contribution is -2.35. The summed E-state index contributed by atoms with van der Waals surface area (Å²) in [5, 5.41) is 0. The lowest BCUT2D eigenvalue weighted by Gasteiger charge is -2.26. The average molecular weight is 516 g/mol. The minimum Gasteiger partial charge on any atom is -0.496 e. The number of aromatic amines is 1. The quantitative estimate of drug-likeness (QED) is 0.524. The zero-order valence-electron chi connectivity index (χ0n) is 20.9. The number of sulfonamides is 1. The van der Waals surface area contributed by atoms with Crippen molar-refractivity contribution in [2.24, 2.45) is 0 Å². The molecule has 1 aliphatic carbocycles. The Kier molecular flexibility index (Phi) is 6.47. The molecule has 0 saturated heterocycles. The van der Waals surface area contributed by atoms with Gasteiger partial charge in [0.2, 0.25) is 10.0 Å². The van der Waals surface area contributed by atoms with Gasteiger partial charge in [-0.3, -0.25) is 14.3 Å². The lowest BCUT2D eigenvalue weighted by molar-refractivity contribution is 0.171. The van der Waals surface area contributed by atoms with Crippen molar-refractivity contribution in [3.63, 3.8) is 0 Å². The zero-order valence-corrected chi connectivity index (χ0v) is 21.8. The summed E-state index contributed by atoms with van der Waals surface area (Å²) in [6.07, 6.45) is 3.06. The van der Waals surface area contributed by atoms with E-state index >= 15 is 4.39 Å². The number of hydrogen-bond acceptors (Lipinski definition) is 5. The van der Waals surface area contributed by atoms with E-state index in [4.69, 9.17) is 4.74 Å². The van der Waals surface area contributed by atoms with Crippen molar-refractivity contribution < 1.29 is 17.5 Å². The van der Waals surface area contributed by atoms with Crippen LogP contribution in [0.15, 0.2) is 52.2 Å². The predicted molar refractivity (Wildman–Crippen MR) is 137 cm³/mol. The third kappa shape index (κ3) is 5.01. The minimum atomic E-state index is -3.53. The summed E-state index contributed by atoms with van der Waals surface area (Å²) in [6.45, 7) is 5.77. The molecule has 36 heavy (non-hydrogen) atoms. The number of alkyl halides is 1. The van der Waals surface area contributed by atoms with Crippen LogP contribution in [0.2, 0.25) is 0 Å². The van der Waals surface area contributed by atoms with Gasteiger partial charge in [0, 0.05) is 29.9 Å². The Morgan fingerprint density at radius 3 is 2.50 bits per heavy atom. The Labute approximate surface area is 209 Å². The van der Waals surface area contributed by atoms with Gasteiger partial charge in [0.15, 0.2) is 0 Å². The van der Waals surface area contributed by atoms with Gasteiger partial charge < -0.3 is 4.74 Å². The van der Waals surface area contributed by atoms with Gasteiger partial charge in [-0.15, -0.1) is 0 Å². The zero-order chi connectivity index (χ0) is 26.5. The molecular formula is C26H30FN3O5S. The Morgan fingerprint density at radius 2 is 1.89 bits per heavy atom. The number of ether oxygens (including phenoxy) is 1. The first-order valence-corrected chi connectivity index (χ1v) is 13.4. The molecule has 192 valence electrons. The van der Waals surface area contributed by atoms with Gasteiger partial charge in [0.1, 0.15) is 11.4 Å². The number of methoxy groups -OCH3 is 1. The molecule has 10 heteroatoms. The second kappa shape index (κ2) is 9.01. The summed E-state index contributed by atoms with van der Waals surface area (Å²) >= 11 is 0. The van der Waals surface area contributed by atoms with Crippen molar-refractivity contribution in [1.29, 1.82) is 0 Å². The summed E-state index contributed by atoms with van der Waals surface area (Å²) in [4.78, 5) is 26.4. The van der Waals surface area contributed by atoms with Gasteiger partial charge in [-0.05, 0) is 47.1 Å². The number of nitrogens with one attached hydrogen (secondary N) is 2. The van der Waals surface area contributed by atoms with E-state index in [0.717, 1.165) is 22.9 Å². The molecule has 0 unspecified atom stereocenters. The van der Waals surface area contributed by atoms with E-state index < -0.39 is 26.9 Å². The fourth-order valence-corrected chi connectivity index (χ4v) is 5.16. The second-order valence-electron chi connectivity index (χ2n) is 10.2. The van der Waals surface area contributed by atoms with Gasteiger partial charge >= 0.3 is 5.69 Å². The average Bonchev–Trinajstić information content (AvgIpc) is 3.12. The van der Waals surface area contributed by atoms with Crippen LogP contribution in [0.25, 0.3) is 16.8 Å². The van der Waals surface area contributed by atoms with Crippen molar-refractivity contribution in [3.8, 4) is 22.6 Å². The number of aryl methyl sites for hydroxylation is 1. The highest BCUT2D eigenvalue weighted by Gasteiger charge is 2.39. The highest BCUT2D eigenvalue weighted by atomic mass is 32.2. The van der Waals surface area contributed by atoms with Crippen LogP contribution >= 0.6 is 0 Å². The molecule has 1 heterocycles. The number of rotatable bonds is 6. The summed E-state index contributed by atoms with van der Waals surface area (Å²) in [7, 11) is -1.94. The number of aromatic nitrogens is 2. The van der Waals surface area contributed by atoms with E-state index in [0.29, 0.717) is 29.0 Å². The van der Waals surface area contributed by atoms with Crippen molar-refractivity contribution in [2.45, 2.75) is 44.7 Å². The van der Waals surface area contributed by atoms with Crippen LogP contribution in [-0.2, 0) is 27.5 Å². The first-order chi connectivity index (χ1) is 16.7. The summed E-state index contributed by atoms with van der Waals surface area (Å²) in [6, 6.07) is 10.3. The Bertz CT molecular complexity index is 1550. The van der Waals surface area contributed by atoms with Crippen LogP contribution in [0.5, 0.6) is 5.75 Å². The van der Waals surface area contributed by atoms with E-state index in [1.807, 2.05) is 32.9 Å². The fourth-order valence-electron chi connectivity index (χ4n) is 4.67. The van der Waals surface area contributed by atoms with Crippen LogP contribution in [0.1, 0.15) is 43.9 Å². The SMILES string of the molecule is COc1c(-c2ccc3c(c2)CC[C@]3(F)CNS(C)(=O)=O)cc(-n2ccc(=O)[nH]c2=O)cc1C(C)(C)C. The molecular weight excluding hydrogens is 485 g/mol. The summed E-state index contributed by atoms with van der Waals surface area (Å²) in [5.41, 5.74) is 0.965. The molecule has 4 rings (SSSR count). The molecule has 2 aromatic carbocycles. The van der Waals surface area contributed by atoms with Crippen LogP contribution in [0.3, 0.4) is 0 Å². The van der Waals surface area contributed by atoms with Crippen molar-refractivity contribution >= 4 is 10.0 Å². The maximum Gasteiger partial charge on any atom is 0.332 e. The van der Waals surface area contributed by atoms with Gasteiger partial charge in [-0.1, -0.05) is 39.0 Å². The van der Waals surface area contributed by atoms with E-state index in [2.05, 4.69) is 9.71 Å². The summed E-state index contributed by atoms with van der Waals surface area (Å²) < 4.78 is 48.2. The molecule has 8 nitrogen and oxygen atoms in total. The maximum atomic E-state index is 15.7. The number of fused-ring (bicyclic) bond motifs is 1. The van der Waals surface area contributed by atoms with E-state index in [-0.39, 0.29) is 18.4 Å². The van der Waals surface area contributed by atoms with E-state index in [1.165, 1.54) is 16.8 Å². The molecule has 1 aromatic heterocycles. The number of H-pyrrole nitrogens is 1.